The Morgan fingerprint density at radius 2 is 1.05 bits per heavy atom. The summed E-state index contributed by atoms with van der Waals surface area (Å²) in [7, 11) is 0. The van der Waals surface area contributed by atoms with E-state index < -0.39 is 22.0 Å². The molecule has 42 heavy (non-hydrogen) atoms. The summed E-state index contributed by atoms with van der Waals surface area (Å²) < 4.78 is 21.2. The molecule has 242 valence electrons. The molecule has 2 amide bonds. The van der Waals surface area contributed by atoms with Crippen LogP contribution in [0.5, 0.6) is 0 Å². The van der Waals surface area contributed by atoms with E-state index in [2.05, 4.69) is 13.5 Å². The molecule has 10 nitrogen and oxygen atoms in total. The molecule has 0 aliphatic carbocycles. The third kappa shape index (κ3) is 11.5. The van der Waals surface area contributed by atoms with Gasteiger partial charge in [0, 0.05) is 26.2 Å². The van der Waals surface area contributed by atoms with Crippen LogP contribution in [0.25, 0.3) is 0 Å². The molecule has 0 saturated carbocycles. The number of rotatable bonds is 8. The highest BCUT2D eigenvalue weighted by Crippen LogP contribution is 2.38. The van der Waals surface area contributed by atoms with Gasteiger partial charge in [0.2, 0.25) is 0 Å². The van der Waals surface area contributed by atoms with Crippen molar-refractivity contribution in [1.82, 2.24) is 9.80 Å². The first-order valence-electron chi connectivity index (χ1n) is 15.4. The maximum Gasteiger partial charge on any atom is 0.410 e. The summed E-state index contributed by atoms with van der Waals surface area (Å²) in [5.74, 6) is -0.301. The van der Waals surface area contributed by atoms with Gasteiger partial charge in [0.1, 0.15) is 11.2 Å². The molecule has 0 spiro atoms. The molecule has 2 heterocycles. The summed E-state index contributed by atoms with van der Waals surface area (Å²) in [6.45, 7) is 23.4. The lowest BCUT2D eigenvalue weighted by Crippen LogP contribution is -2.48. The Morgan fingerprint density at radius 3 is 1.36 bits per heavy atom. The summed E-state index contributed by atoms with van der Waals surface area (Å²) in [6.07, 6.45) is 5.93. The summed E-state index contributed by atoms with van der Waals surface area (Å²) in [6, 6.07) is 0. The van der Waals surface area contributed by atoms with Gasteiger partial charge in [0.15, 0.2) is 0 Å². The molecule has 0 aromatic heterocycles. The normalized spacial score (nSPS) is 18.1. The molecular formula is C32H56N2O8. The monoisotopic (exact) mass is 596 g/mol. The van der Waals surface area contributed by atoms with E-state index >= 15 is 0 Å². The second-order valence-electron chi connectivity index (χ2n) is 13.2. The fourth-order valence-corrected chi connectivity index (χ4v) is 5.26. The number of allylic oxidation sites excluding steroid dienone is 1. The number of hydrogen-bond acceptors (Lipinski definition) is 8. The molecule has 0 radical (unpaired) electrons. The minimum absolute atomic E-state index is 0.115. The number of esters is 2. The number of nitrogens with zero attached hydrogens (tertiary/aromatic N) is 2. The highest BCUT2D eigenvalue weighted by Gasteiger charge is 2.44. The van der Waals surface area contributed by atoms with Crippen LogP contribution < -0.4 is 0 Å². The van der Waals surface area contributed by atoms with E-state index in [0.717, 1.165) is 12.8 Å². The first-order chi connectivity index (χ1) is 19.5. The van der Waals surface area contributed by atoms with E-state index in [4.69, 9.17) is 18.9 Å². The molecule has 2 aliphatic heterocycles. The SMILES string of the molecule is C=CCC1(C(=O)OCC)CCN(C(=O)OC(C)(C)C)CC1.CCCC1(C(=O)OCC)CCN(C(=O)OC(C)(C)C)CC1. The molecule has 2 rings (SSSR count). The van der Waals surface area contributed by atoms with Crippen LogP contribution in [0.2, 0.25) is 0 Å². The number of carbonyl (C=O) groups excluding carboxylic acids is 4. The van der Waals surface area contributed by atoms with Crippen molar-refractivity contribution in [2.45, 2.75) is 118 Å². The number of piperidine rings is 2. The summed E-state index contributed by atoms with van der Waals surface area (Å²) in [5.41, 5.74) is -1.97. The van der Waals surface area contributed by atoms with E-state index in [1.807, 2.05) is 48.5 Å². The van der Waals surface area contributed by atoms with Crippen LogP contribution in [-0.4, -0.2) is 84.5 Å². The Kier molecular flexibility index (Phi) is 14.3. The lowest BCUT2D eigenvalue weighted by molar-refractivity contribution is -0.159. The van der Waals surface area contributed by atoms with Crippen LogP contribution in [-0.2, 0) is 28.5 Å². The maximum absolute atomic E-state index is 12.3. The standard InChI is InChI=1S/C16H29NO4.C16H27NO4/c2*1-6-8-16(13(18)20-7-2)9-11-17(12-10-16)14(19)21-15(3,4)5/h6-12H2,1-5H3;6H,1,7-12H2,2-5H3. The molecule has 0 N–H and O–H groups in total. The highest BCUT2D eigenvalue weighted by atomic mass is 16.6. The number of amides is 2. The summed E-state index contributed by atoms with van der Waals surface area (Å²) in [4.78, 5) is 51.9. The Bertz CT molecular complexity index is 902. The van der Waals surface area contributed by atoms with Gasteiger partial charge in [-0.1, -0.05) is 19.4 Å². The fourth-order valence-electron chi connectivity index (χ4n) is 5.26. The van der Waals surface area contributed by atoms with E-state index in [9.17, 15) is 19.2 Å². The molecule has 2 fully saturated rings. The van der Waals surface area contributed by atoms with Crippen LogP contribution in [0.3, 0.4) is 0 Å². The van der Waals surface area contributed by atoms with Gasteiger partial charge in [-0.2, -0.15) is 0 Å². The van der Waals surface area contributed by atoms with Gasteiger partial charge >= 0.3 is 24.1 Å². The van der Waals surface area contributed by atoms with Gasteiger partial charge in [-0.15, -0.1) is 6.58 Å². The summed E-state index contributed by atoms with van der Waals surface area (Å²) >= 11 is 0. The predicted octanol–water partition coefficient (Wildman–Crippen LogP) is 6.51. The highest BCUT2D eigenvalue weighted by molar-refractivity contribution is 5.78. The number of ether oxygens (including phenoxy) is 4. The van der Waals surface area contributed by atoms with Crippen LogP contribution in [0.4, 0.5) is 9.59 Å². The lowest BCUT2D eigenvalue weighted by Gasteiger charge is -2.40. The first-order valence-corrected chi connectivity index (χ1v) is 15.4. The lowest BCUT2D eigenvalue weighted by atomic mass is 9.75. The molecular weight excluding hydrogens is 540 g/mol. The minimum Gasteiger partial charge on any atom is -0.466 e. The average Bonchev–Trinajstić information content (AvgIpc) is 2.88. The van der Waals surface area contributed by atoms with Crippen molar-refractivity contribution < 1.29 is 38.1 Å². The quantitative estimate of drug-likeness (QED) is 0.177. The molecule has 0 bridgehead atoms. The van der Waals surface area contributed by atoms with Gasteiger partial charge in [-0.05, 0) is 93.9 Å². The van der Waals surface area contributed by atoms with Gasteiger partial charge in [-0.25, -0.2) is 9.59 Å². The van der Waals surface area contributed by atoms with Crippen LogP contribution >= 0.6 is 0 Å². The number of hydrogen-bond donors (Lipinski definition) is 0. The van der Waals surface area contributed by atoms with E-state index in [-0.39, 0.29) is 24.1 Å². The van der Waals surface area contributed by atoms with E-state index in [1.54, 1.807) is 22.8 Å². The summed E-state index contributed by atoms with van der Waals surface area (Å²) in [5, 5.41) is 0. The first kappa shape index (κ1) is 37.2. The van der Waals surface area contributed by atoms with Crippen molar-refractivity contribution in [3.8, 4) is 0 Å². The van der Waals surface area contributed by atoms with Crippen molar-refractivity contribution in [1.29, 1.82) is 0 Å². The Hall–Kier alpha value is -2.78. The van der Waals surface area contributed by atoms with Crippen LogP contribution in [0.15, 0.2) is 12.7 Å². The molecule has 0 unspecified atom stereocenters. The molecule has 0 atom stereocenters. The maximum atomic E-state index is 12.3. The van der Waals surface area contributed by atoms with Crippen molar-refractivity contribution >= 4 is 24.1 Å². The van der Waals surface area contributed by atoms with Crippen LogP contribution in [0, 0.1) is 10.8 Å². The van der Waals surface area contributed by atoms with Crippen molar-refractivity contribution in [3.05, 3.63) is 12.7 Å². The molecule has 0 aromatic carbocycles. The number of carbonyl (C=O) groups is 4. The Labute approximate surface area is 253 Å². The van der Waals surface area contributed by atoms with Gasteiger partial charge in [0.25, 0.3) is 0 Å². The third-order valence-electron chi connectivity index (χ3n) is 7.43. The van der Waals surface area contributed by atoms with Gasteiger partial charge in [-0.3, -0.25) is 9.59 Å². The van der Waals surface area contributed by atoms with Crippen molar-refractivity contribution in [3.63, 3.8) is 0 Å². The fraction of sp³-hybridized carbons (Fsp3) is 0.812. The molecule has 0 aromatic rings. The van der Waals surface area contributed by atoms with Gasteiger partial charge in [0.05, 0.1) is 24.0 Å². The van der Waals surface area contributed by atoms with Crippen molar-refractivity contribution in [2.75, 3.05) is 39.4 Å². The minimum atomic E-state index is -0.545. The zero-order valence-electron chi connectivity index (χ0n) is 27.6. The van der Waals surface area contributed by atoms with Crippen molar-refractivity contribution in [2.24, 2.45) is 10.8 Å². The molecule has 2 saturated heterocycles. The Balaban J connectivity index is 0.000000420. The average molecular weight is 597 g/mol. The predicted molar refractivity (Wildman–Crippen MR) is 162 cm³/mol. The largest absolute Gasteiger partial charge is 0.466 e. The smallest absolute Gasteiger partial charge is 0.410 e. The van der Waals surface area contributed by atoms with Gasteiger partial charge < -0.3 is 28.7 Å². The topological polar surface area (TPSA) is 112 Å². The molecule has 2 aliphatic rings. The number of likely N-dealkylation sites (tertiary alicyclic amines) is 2. The van der Waals surface area contributed by atoms with Crippen LogP contribution in [0.1, 0.15) is 107 Å². The Morgan fingerprint density at radius 1 is 0.690 bits per heavy atom. The zero-order chi connectivity index (χ0) is 32.2. The second-order valence-corrected chi connectivity index (χ2v) is 13.2. The molecule has 10 heteroatoms. The second kappa shape index (κ2) is 16.2. The third-order valence-corrected chi connectivity index (χ3v) is 7.43. The van der Waals surface area contributed by atoms with E-state index in [1.165, 1.54) is 0 Å². The van der Waals surface area contributed by atoms with E-state index in [0.29, 0.717) is 71.5 Å². The zero-order valence-corrected chi connectivity index (χ0v) is 27.6.